The second-order valence-electron chi connectivity index (χ2n) is 8.76. The SMILES string of the molecule is CCCCCCCN1CC(=O)N(C)CC1=O.COc1cc(-c2ccc(C)cc2)cc(OC)c1OC. The van der Waals surface area contributed by atoms with Crippen molar-refractivity contribution >= 4 is 11.8 Å². The molecule has 2 aromatic rings. The number of carbonyl (C=O) groups excluding carboxylic acids is 2. The van der Waals surface area contributed by atoms with Crippen molar-refractivity contribution in [3.63, 3.8) is 0 Å². The number of benzene rings is 2. The number of aryl methyl sites for hydroxylation is 1. The number of nitrogens with zero attached hydrogens (tertiary/aromatic N) is 2. The van der Waals surface area contributed by atoms with E-state index in [0.717, 1.165) is 30.5 Å². The summed E-state index contributed by atoms with van der Waals surface area (Å²) in [5.74, 6) is 2.07. The van der Waals surface area contributed by atoms with Gasteiger partial charge in [0.15, 0.2) is 11.5 Å². The largest absolute Gasteiger partial charge is 0.493 e. The second kappa shape index (κ2) is 14.2. The smallest absolute Gasteiger partial charge is 0.242 e. The number of unbranched alkanes of at least 4 members (excludes halogenated alkanes) is 4. The predicted molar refractivity (Wildman–Crippen MR) is 139 cm³/mol. The van der Waals surface area contributed by atoms with E-state index in [1.807, 2.05) is 12.1 Å². The third-order valence-corrected chi connectivity index (χ3v) is 6.06. The van der Waals surface area contributed by atoms with Gasteiger partial charge in [0, 0.05) is 13.6 Å². The van der Waals surface area contributed by atoms with Crippen LogP contribution < -0.4 is 14.2 Å². The highest BCUT2D eigenvalue weighted by molar-refractivity contribution is 5.92. The van der Waals surface area contributed by atoms with E-state index < -0.39 is 0 Å². The van der Waals surface area contributed by atoms with E-state index in [4.69, 9.17) is 14.2 Å². The van der Waals surface area contributed by atoms with Gasteiger partial charge in [-0.1, -0.05) is 62.4 Å². The molecule has 7 nitrogen and oxygen atoms in total. The Kier molecular flexibility index (Phi) is 11.4. The Labute approximate surface area is 210 Å². The maximum atomic E-state index is 11.6. The van der Waals surface area contributed by atoms with E-state index in [2.05, 4.69) is 38.1 Å². The molecule has 0 unspecified atom stereocenters. The molecule has 0 saturated carbocycles. The van der Waals surface area contributed by atoms with Crippen LogP contribution in [-0.2, 0) is 9.59 Å². The summed E-state index contributed by atoms with van der Waals surface area (Å²) >= 11 is 0. The molecule has 0 aliphatic carbocycles. The Bertz CT molecular complexity index is 933. The van der Waals surface area contributed by atoms with E-state index in [1.54, 1.807) is 33.3 Å². The zero-order chi connectivity index (χ0) is 25.8. The first kappa shape index (κ1) is 28.0. The molecule has 3 rings (SSSR count). The number of methoxy groups -OCH3 is 3. The molecule has 2 aromatic carbocycles. The molecule has 0 radical (unpaired) electrons. The van der Waals surface area contributed by atoms with Gasteiger partial charge in [0.2, 0.25) is 17.6 Å². The minimum Gasteiger partial charge on any atom is -0.493 e. The number of amides is 2. The molecule has 0 aromatic heterocycles. The maximum absolute atomic E-state index is 11.6. The van der Waals surface area contributed by atoms with Crippen LogP contribution in [-0.4, -0.2) is 69.6 Å². The number of hydrogen-bond donors (Lipinski definition) is 0. The summed E-state index contributed by atoms with van der Waals surface area (Å²) in [6, 6.07) is 12.2. The molecular weight excluding hydrogens is 444 g/mol. The van der Waals surface area contributed by atoms with Gasteiger partial charge in [0.1, 0.15) is 0 Å². The highest BCUT2D eigenvalue weighted by Gasteiger charge is 2.26. The fourth-order valence-electron chi connectivity index (χ4n) is 3.87. The minimum absolute atomic E-state index is 0.0492. The third-order valence-electron chi connectivity index (χ3n) is 6.06. The zero-order valence-corrected chi connectivity index (χ0v) is 22.1. The van der Waals surface area contributed by atoms with Gasteiger partial charge in [-0.05, 0) is 36.6 Å². The van der Waals surface area contributed by atoms with Crippen LogP contribution in [0.3, 0.4) is 0 Å². The topological polar surface area (TPSA) is 68.3 Å². The van der Waals surface area contributed by atoms with Gasteiger partial charge in [-0.25, -0.2) is 0 Å². The van der Waals surface area contributed by atoms with Crippen molar-refractivity contribution in [2.45, 2.75) is 46.0 Å². The Balaban J connectivity index is 0.000000251. The molecule has 1 heterocycles. The fourth-order valence-corrected chi connectivity index (χ4v) is 3.87. The molecule has 0 bridgehead atoms. The van der Waals surface area contributed by atoms with E-state index in [9.17, 15) is 9.59 Å². The summed E-state index contributed by atoms with van der Waals surface area (Å²) in [6.07, 6.45) is 5.89. The van der Waals surface area contributed by atoms with Crippen LogP contribution in [0, 0.1) is 6.92 Å². The van der Waals surface area contributed by atoms with Gasteiger partial charge < -0.3 is 24.0 Å². The molecule has 0 spiro atoms. The van der Waals surface area contributed by atoms with Crippen molar-refractivity contribution < 1.29 is 23.8 Å². The van der Waals surface area contributed by atoms with Crippen molar-refractivity contribution in [1.82, 2.24) is 9.80 Å². The molecule has 1 fully saturated rings. The van der Waals surface area contributed by atoms with Gasteiger partial charge >= 0.3 is 0 Å². The van der Waals surface area contributed by atoms with Gasteiger partial charge in [-0.2, -0.15) is 0 Å². The second-order valence-corrected chi connectivity index (χ2v) is 8.76. The van der Waals surface area contributed by atoms with Crippen LogP contribution in [0.2, 0.25) is 0 Å². The lowest BCUT2D eigenvalue weighted by Gasteiger charge is -2.31. The van der Waals surface area contributed by atoms with Gasteiger partial charge in [0.25, 0.3) is 0 Å². The summed E-state index contributed by atoms with van der Waals surface area (Å²) in [5.41, 5.74) is 3.38. The molecule has 1 saturated heterocycles. The van der Waals surface area contributed by atoms with Crippen molar-refractivity contribution in [3.8, 4) is 28.4 Å². The first-order chi connectivity index (χ1) is 16.8. The van der Waals surface area contributed by atoms with Crippen LogP contribution in [0.25, 0.3) is 11.1 Å². The van der Waals surface area contributed by atoms with Crippen molar-refractivity contribution in [1.29, 1.82) is 0 Å². The first-order valence-corrected chi connectivity index (χ1v) is 12.2. The van der Waals surface area contributed by atoms with Gasteiger partial charge in [-0.3, -0.25) is 9.59 Å². The molecule has 0 N–H and O–H groups in total. The first-order valence-electron chi connectivity index (χ1n) is 12.2. The highest BCUT2D eigenvalue weighted by Crippen LogP contribution is 2.41. The number of piperazine rings is 1. The monoisotopic (exact) mass is 484 g/mol. The highest BCUT2D eigenvalue weighted by atomic mass is 16.5. The molecule has 1 aliphatic rings. The van der Waals surface area contributed by atoms with E-state index >= 15 is 0 Å². The lowest BCUT2D eigenvalue weighted by atomic mass is 10.0. The van der Waals surface area contributed by atoms with Gasteiger partial charge in [0.05, 0.1) is 34.4 Å². The van der Waals surface area contributed by atoms with Gasteiger partial charge in [-0.15, -0.1) is 0 Å². The summed E-state index contributed by atoms with van der Waals surface area (Å²) in [7, 11) is 6.52. The third kappa shape index (κ3) is 8.19. The molecule has 35 heavy (non-hydrogen) atoms. The van der Waals surface area contributed by atoms with E-state index in [0.29, 0.717) is 17.2 Å². The predicted octanol–water partition coefficient (Wildman–Crippen LogP) is 4.95. The number of hydrogen-bond acceptors (Lipinski definition) is 5. The van der Waals surface area contributed by atoms with Crippen molar-refractivity contribution in [3.05, 3.63) is 42.0 Å². The summed E-state index contributed by atoms with van der Waals surface area (Å²) < 4.78 is 16.0. The standard InChI is InChI=1S/C16H18O3.C12H22N2O2/c1-11-5-7-12(8-6-11)13-9-14(17-2)16(19-4)15(10-13)18-3;1-3-4-5-6-7-8-14-10-11(15)13(2)9-12(14)16/h5-10H,1-4H3;3-10H2,1-2H3. The quantitative estimate of drug-likeness (QED) is 0.447. The normalized spacial score (nSPS) is 13.3. The van der Waals surface area contributed by atoms with Crippen LogP contribution in [0.5, 0.6) is 17.2 Å². The fraction of sp³-hybridized carbons (Fsp3) is 0.500. The summed E-state index contributed by atoms with van der Waals surface area (Å²) in [6.45, 7) is 5.50. The lowest BCUT2D eigenvalue weighted by molar-refractivity contribution is -0.148. The minimum atomic E-state index is 0.0492. The van der Waals surface area contributed by atoms with Crippen molar-refractivity contribution in [2.75, 3.05) is 48.0 Å². The maximum Gasteiger partial charge on any atom is 0.242 e. The number of rotatable bonds is 10. The molecule has 0 atom stereocenters. The number of carbonyl (C=O) groups is 2. The average Bonchev–Trinajstić information content (AvgIpc) is 2.86. The Morgan fingerprint density at radius 1 is 0.771 bits per heavy atom. The molecule has 7 heteroatoms. The molecular formula is C28H40N2O5. The van der Waals surface area contributed by atoms with Crippen molar-refractivity contribution in [2.24, 2.45) is 0 Å². The summed E-state index contributed by atoms with van der Waals surface area (Å²) in [5, 5.41) is 0. The molecule has 2 amide bonds. The van der Waals surface area contributed by atoms with E-state index in [-0.39, 0.29) is 24.9 Å². The summed E-state index contributed by atoms with van der Waals surface area (Å²) in [4.78, 5) is 26.2. The Morgan fingerprint density at radius 2 is 1.37 bits per heavy atom. The zero-order valence-electron chi connectivity index (χ0n) is 22.1. The van der Waals surface area contributed by atoms with E-state index in [1.165, 1.54) is 29.7 Å². The van der Waals surface area contributed by atoms with Crippen LogP contribution in [0.4, 0.5) is 0 Å². The average molecular weight is 485 g/mol. The Morgan fingerprint density at radius 3 is 1.91 bits per heavy atom. The molecule has 1 aliphatic heterocycles. The number of ether oxygens (including phenoxy) is 3. The number of likely N-dealkylation sites (N-methyl/N-ethyl adjacent to an activating group) is 1. The lowest BCUT2D eigenvalue weighted by Crippen LogP contribution is -2.52. The molecule has 192 valence electrons. The van der Waals surface area contributed by atoms with Crippen LogP contribution in [0.1, 0.15) is 44.6 Å². The van der Waals surface area contributed by atoms with Crippen LogP contribution >= 0.6 is 0 Å². The Hall–Kier alpha value is -3.22. The van der Waals surface area contributed by atoms with Crippen LogP contribution in [0.15, 0.2) is 36.4 Å².